The van der Waals surface area contributed by atoms with Crippen molar-refractivity contribution in [1.29, 1.82) is 0 Å². The molecule has 0 N–H and O–H groups in total. The van der Waals surface area contributed by atoms with Crippen LogP contribution >= 0.6 is 0 Å². The van der Waals surface area contributed by atoms with Crippen LogP contribution in [0, 0.1) is 20.2 Å². The van der Waals surface area contributed by atoms with Gasteiger partial charge >= 0.3 is 11.6 Å². The van der Waals surface area contributed by atoms with Crippen molar-refractivity contribution < 1.29 is 14.6 Å². The standard InChI is InChI=1S/C10H12N6O5/c1-13-7(11-3-9(13)15(17)18)5-21-6-8-12-4-10(14(8)2)16(19)20/h3-4H,5-6H2,1-2H3. The summed E-state index contributed by atoms with van der Waals surface area (Å²) in [6.45, 7) is 0.0655. The molecule has 0 radical (unpaired) electrons. The highest BCUT2D eigenvalue weighted by Crippen LogP contribution is 2.15. The van der Waals surface area contributed by atoms with Crippen LogP contribution in [0.2, 0.25) is 0 Å². The van der Waals surface area contributed by atoms with E-state index in [-0.39, 0.29) is 24.8 Å². The molecule has 0 saturated heterocycles. The number of hydrogen-bond acceptors (Lipinski definition) is 7. The van der Waals surface area contributed by atoms with E-state index >= 15 is 0 Å². The molecular formula is C10H12N6O5. The third kappa shape index (κ3) is 2.86. The van der Waals surface area contributed by atoms with Crippen LogP contribution in [0.15, 0.2) is 12.4 Å². The van der Waals surface area contributed by atoms with Gasteiger partial charge in [-0.1, -0.05) is 0 Å². The van der Waals surface area contributed by atoms with Crippen LogP contribution in [0.1, 0.15) is 11.6 Å². The zero-order valence-corrected chi connectivity index (χ0v) is 11.3. The molecule has 0 bridgehead atoms. The van der Waals surface area contributed by atoms with Crippen molar-refractivity contribution in [2.24, 2.45) is 14.1 Å². The van der Waals surface area contributed by atoms with Crippen molar-refractivity contribution in [1.82, 2.24) is 19.1 Å². The topological polar surface area (TPSA) is 131 Å². The molecule has 21 heavy (non-hydrogen) atoms. The molecule has 11 nitrogen and oxygen atoms in total. The summed E-state index contributed by atoms with van der Waals surface area (Å²) in [5, 5.41) is 21.3. The van der Waals surface area contributed by atoms with E-state index in [1.165, 1.54) is 23.2 Å². The monoisotopic (exact) mass is 296 g/mol. The van der Waals surface area contributed by atoms with Crippen molar-refractivity contribution in [2.45, 2.75) is 13.2 Å². The van der Waals surface area contributed by atoms with E-state index in [2.05, 4.69) is 9.97 Å². The minimum Gasteiger partial charge on any atom is -0.361 e. The third-order valence-electron chi connectivity index (χ3n) is 2.96. The minimum atomic E-state index is -0.543. The lowest BCUT2D eigenvalue weighted by Gasteiger charge is -2.01. The molecule has 11 heteroatoms. The molecule has 0 aliphatic carbocycles. The van der Waals surface area contributed by atoms with Gasteiger partial charge in [0.15, 0.2) is 0 Å². The van der Waals surface area contributed by atoms with Gasteiger partial charge in [-0.05, 0) is 9.85 Å². The smallest absolute Gasteiger partial charge is 0.342 e. The van der Waals surface area contributed by atoms with Crippen LogP contribution in [0.4, 0.5) is 11.6 Å². The van der Waals surface area contributed by atoms with Crippen molar-refractivity contribution >= 4 is 11.6 Å². The van der Waals surface area contributed by atoms with Gasteiger partial charge in [-0.25, -0.2) is 19.1 Å². The second-order valence-corrected chi connectivity index (χ2v) is 4.19. The molecule has 2 aromatic heterocycles. The van der Waals surface area contributed by atoms with Crippen LogP contribution in [0.3, 0.4) is 0 Å². The Labute approximate surface area is 118 Å². The predicted molar refractivity (Wildman–Crippen MR) is 68.2 cm³/mol. The first kappa shape index (κ1) is 14.6. The summed E-state index contributed by atoms with van der Waals surface area (Å²) >= 11 is 0. The molecule has 2 aromatic rings. The molecule has 112 valence electrons. The summed E-state index contributed by atoms with van der Waals surface area (Å²) in [4.78, 5) is 28.0. The van der Waals surface area contributed by atoms with Crippen LogP contribution < -0.4 is 0 Å². The molecule has 0 spiro atoms. The first-order valence-corrected chi connectivity index (χ1v) is 5.79. The number of imidazole rings is 2. The number of rotatable bonds is 6. The average molecular weight is 296 g/mol. The summed E-state index contributed by atoms with van der Waals surface area (Å²) in [5.74, 6) is 0.485. The first-order valence-electron chi connectivity index (χ1n) is 5.79. The van der Waals surface area contributed by atoms with Gasteiger partial charge in [0.05, 0.1) is 14.1 Å². The molecule has 0 amide bonds. The summed E-state index contributed by atoms with van der Waals surface area (Å²) < 4.78 is 7.95. The predicted octanol–water partition coefficient (Wildman–Crippen LogP) is 0.687. The number of ether oxygens (including phenoxy) is 1. The quantitative estimate of drug-likeness (QED) is 0.565. The molecule has 0 aliphatic rings. The van der Waals surface area contributed by atoms with Gasteiger partial charge < -0.3 is 25.0 Å². The number of aromatic nitrogens is 4. The number of hydrogen-bond donors (Lipinski definition) is 0. The highest BCUT2D eigenvalue weighted by molar-refractivity contribution is 5.19. The molecule has 0 saturated carbocycles. The van der Waals surface area contributed by atoms with E-state index in [1.807, 2.05) is 0 Å². The summed E-state index contributed by atoms with van der Waals surface area (Å²) in [6, 6.07) is 0. The minimum absolute atomic E-state index is 0.0327. The van der Waals surface area contributed by atoms with Crippen molar-refractivity contribution in [2.75, 3.05) is 0 Å². The van der Waals surface area contributed by atoms with E-state index in [9.17, 15) is 20.2 Å². The van der Waals surface area contributed by atoms with Gasteiger partial charge in [-0.2, -0.15) is 0 Å². The second kappa shape index (κ2) is 5.66. The summed E-state index contributed by atoms with van der Waals surface area (Å²) in [5.41, 5.74) is 0. The molecule has 2 rings (SSSR count). The number of nitrogens with zero attached hydrogens (tertiary/aromatic N) is 6. The van der Waals surface area contributed by atoms with Crippen LogP contribution in [0.25, 0.3) is 0 Å². The largest absolute Gasteiger partial charge is 0.361 e. The maximum atomic E-state index is 10.7. The van der Waals surface area contributed by atoms with Crippen LogP contribution in [-0.4, -0.2) is 28.9 Å². The molecule has 0 atom stereocenters. The highest BCUT2D eigenvalue weighted by atomic mass is 16.6. The third-order valence-corrected chi connectivity index (χ3v) is 2.96. The first-order chi connectivity index (χ1) is 9.91. The molecule has 0 unspecified atom stereocenters. The highest BCUT2D eigenvalue weighted by Gasteiger charge is 2.19. The lowest BCUT2D eigenvalue weighted by atomic mass is 10.6. The van der Waals surface area contributed by atoms with Gasteiger partial charge in [-0.15, -0.1) is 0 Å². The van der Waals surface area contributed by atoms with Gasteiger partial charge in [-0.3, -0.25) is 0 Å². The zero-order valence-electron chi connectivity index (χ0n) is 11.3. The Morgan fingerprint density at radius 2 is 1.38 bits per heavy atom. The molecule has 0 fully saturated rings. The lowest BCUT2D eigenvalue weighted by molar-refractivity contribution is -0.392. The normalized spacial score (nSPS) is 10.8. The Balaban J connectivity index is 1.99. The Morgan fingerprint density at radius 3 is 1.67 bits per heavy atom. The van der Waals surface area contributed by atoms with Crippen molar-refractivity contribution in [3.63, 3.8) is 0 Å². The lowest BCUT2D eigenvalue weighted by Crippen LogP contribution is -2.07. The fraction of sp³-hybridized carbons (Fsp3) is 0.400. The number of nitro groups is 2. The van der Waals surface area contributed by atoms with E-state index < -0.39 is 9.85 Å². The van der Waals surface area contributed by atoms with Gasteiger partial charge in [0.25, 0.3) is 0 Å². The van der Waals surface area contributed by atoms with E-state index in [1.54, 1.807) is 0 Å². The Morgan fingerprint density at radius 1 is 1.00 bits per heavy atom. The van der Waals surface area contributed by atoms with E-state index in [0.29, 0.717) is 11.6 Å². The Hall–Kier alpha value is -2.82. The van der Waals surface area contributed by atoms with Gasteiger partial charge in [0.1, 0.15) is 25.6 Å². The maximum absolute atomic E-state index is 10.7. The Kier molecular flexibility index (Phi) is 3.93. The maximum Gasteiger partial charge on any atom is 0.342 e. The fourth-order valence-corrected chi connectivity index (χ4v) is 1.72. The van der Waals surface area contributed by atoms with Crippen molar-refractivity contribution in [3.8, 4) is 0 Å². The molecular weight excluding hydrogens is 284 g/mol. The average Bonchev–Trinajstić information content (AvgIpc) is 2.95. The molecule has 2 heterocycles. The summed E-state index contributed by atoms with van der Waals surface area (Å²) in [6.07, 6.45) is 2.29. The van der Waals surface area contributed by atoms with Gasteiger partial charge in [0.2, 0.25) is 11.6 Å². The fourth-order valence-electron chi connectivity index (χ4n) is 1.72. The zero-order chi connectivity index (χ0) is 15.6. The van der Waals surface area contributed by atoms with Gasteiger partial charge in [0, 0.05) is 0 Å². The summed E-state index contributed by atoms with van der Waals surface area (Å²) in [7, 11) is 3.02. The molecule has 0 aromatic carbocycles. The van der Waals surface area contributed by atoms with Crippen LogP contribution in [0.5, 0.6) is 0 Å². The van der Waals surface area contributed by atoms with Crippen LogP contribution in [-0.2, 0) is 32.0 Å². The molecule has 0 aliphatic heterocycles. The van der Waals surface area contributed by atoms with E-state index in [4.69, 9.17) is 4.74 Å². The van der Waals surface area contributed by atoms with Crippen molar-refractivity contribution in [3.05, 3.63) is 44.3 Å². The second-order valence-electron chi connectivity index (χ2n) is 4.19. The SMILES string of the molecule is Cn1c([N+](=O)[O-])cnc1COCc1ncc([N+](=O)[O-])n1C. The van der Waals surface area contributed by atoms with E-state index in [0.717, 1.165) is 12.4 Å². The Bertz CT molecular complexity index is 632.